The first kappa shape index (κ1) is 13.4. The molecule has 84 valence electrons. The first-order valence-electron chi connectivity index (χ1n) is 4.32. The van der Waals surface area contributed by atoms with Gasteiger partial charge in [0, 0.05) is 19.3 Å². The van der Waals surface area contributed by atoms with Crippen molar-refractivity contribution in [2.24, 2.45) is 0 Å². The van der Waals surface area contributed by atoms with Crippen LogP contribution in [0.5, 0.6) is 11.5 Å². The van der Waals surface area contributed by atoms with E-state index < -0.39 is 0 Å². The van der Waals surface area contributed by atoms with Gasteiger partial charge in [-0.1, -0.05) is 35.3 Å². The lowest BCUT2D eigenvalue weighted by Crippen LogP contribution is -1.87. The van der Waals surface area contributed by atoms with Crippen LogP contribution in [0, 0.1) is 31.4 Å². The molecule has 0 unspecified atom stereocenters. The van der Waals surface area contributed by atoms with E-state index in [0.717, 1.165) is 7.14 Å². The standard InChI is InChI=1S/C12H2Cl2I2O/c13-11-7(15)3-1-5-9(11)17-10-6-2-4-8(16)12(10)14/h3-4H. The molecule has 0 radical (unpaired) electrons. The van der Waals surface area contributed by atoms with Crippen molar-refractivity contribution in [3.63, 3.8) is 0 Å². The monoisotopic (exact) mass is 486 g/mol. The maximum Gasteiger partial charge on any atom is 0.198 e. The van der Waals surface area contributed by atoms with Gasteiger partial charge in [0.25, 0.3) is 0 Å². The second-order valence-electron chi connectivity index (χ2n) is 2.91. The van der Waals surface area contributed by atoms with Crippen molar-refractivity contribution in [2.75, 3.05) is 0 Å². The van der Waals surface area contributed by atoms with Crippen LogP contribution in [0.1, 0.15) is 0 Å². The lowest BCUT2D eigenvalue weighted by atomic mass is 10.4. The molecule has 2 aromatic rings. The van der Waals surface area contributed by atoms with Crippen LogP contribution in [0.25, 0.3) is 0 Å². The molecule has 17 heavy (non-hydrogen) atoms. The summed E-state index contributed by atoms with van der Waals surface area (Å²) in [5, 5.41) is 0.959. The largest absolute Gasteiger partial charge is 0.436 e. The molecule has 0 aliphatic rings. The molecular weight excluding hydrogens is 485 g/mol. The summed E-state index contributed by atoms with van der Waals surface area (Å²) in [6.07, 6.45) is 0. The van der Waals surface area contributed by atoms with Gasteiger partial charge in [-0.3, -0.25) is 0 Å². The Bertz CT molecular complexity index is 509. The maximum absolute atomic E-state index is 6.08. The molecule has 0 aromatic heterocycles. The number of ether oxygens (including phenoxy) is 1. The van der Waals surface area contributed by atoms with Gasteiger partial charge in [-0.2, -0.15) is 0 Å². The Morgan fingerprint density at radius 2 is 1.29 bits per heavy atom. The second kappa shape index (κ2) is 5.71. The van der Waals surface area contributed by atoms with Crippen LogP contribution >= 0.6 is 68.4 Å². The molecule has 2 aromatic carbocycles. The van der Waals surface area contributed by atoms with Crippen molar-refractivity contribution in [3.05, 3.63) is 53.6 Å². The molecule has 5 heteroatoms. The van der Waals surface area contributed by atoms with Crippen LogP contribution in [0.4, 0.5) is 0 Å². The number of rotatable bonds is 2. The highest BCUT2D eigenvalue weighted by molar-refractivity contribution is 14.1. The Hall–Kier alpha value is -0.0800. The summed E-state index contributed by atoms with van der Waals surface area (Å²) in [6.45, 7) is 0. The van der Waals surface area contributed by atoms with Gasteiger partial charge in [-0.15, -0.1) is 0 Å². The fraction of sp³-hybridized carbons (Fsp3) is 0. The molecule has 0 atom stereocenters. The van der Waals surface area contributed by atoms with Crippen LogP contribution in [-0.2, 0) is 0 Å². The maximum atomic E-state index is 6.08. The zero-order chi connectivity index (χ0) is 12.4. The highest BCUT2D eigenvalue weighted by Gasteiger charge is 2.10. The molecule has 2 rings (SSSR count). The minimum atomic E-state index is 0.382. The zero-order valence-electron chi connectivity index (χ0n) is 8.07. The minimum Gasteiger partial charge on any atom is -0.436 e. The van der Waals surface area contributed by atoms with Gasteiger partial charge < -0.3 is 4.74 Å². The first-order chi connectivity index (χ1) is 8.09. The molecule has 0 bridgehead atoms. The molecule has 1 nitrogen and oxygen atoms in total. The summed E-state index contributed by atoms with van der Waals surface area (Å²) in [7, 11) is 0. The van der Waals surface area contributed by atoms with Crippen LogP contribution in [-0.4, -0.2) is 0 Å². The Balaban J connectivity index is 2.38. The van der Waals surface area contributed by atoms with E-state index in [2.05, 4.69) is 69.4 Å². The van der Waals surface area contributed by atoms with Gasteiger partial charge in [-0.25, -0.2) is 0 Å². The Morgan fingerprint density at radius 1 is 0.882 bits per heavy atom. The lowest BCUT2D eigenvalue weighted by molar-refractivity contribution is 0.483. The van der Waals surface area contributed by atoms with E-state index in [1.54, 1.807) is 12.1 Å². The van der Waals surface area contributed by atoms with Crippen LogP contribution in [0.3, 0.4) is 0 Å². The Kier molecular flexibility index (Phi) is 4.48. The third kappa shape index (κ3) is 3.03. The van der Waals surface area contributed by atoms with Gasteiger partial charge >= 0.3 is 0 Å². The number of hydrogen-bond acceptors (Lipinski definition) is 1. The van der Waals surface area contributed by atoms with Crippen molar-refractivity contribution in [2.45, 2.75) is 0 Å². The average molecular weight is 487 g/mol. The van der Waals surface area contributed by atoms with Crippen LogP contribution in [0.2, 0.25) is 10.0 Å². The van der Waals surface area contributed by atoms with Crippen molar-refractivity contribution in [1.82, 2.24) is 0 Å². The van der Waals surface area contributed by atoms with Crippen molar-refractivity contribution in [3.8, 4) is 11.5 Å². The molecule has 0 N–H and O–H groups in total. The third-order valence-corrected chi connectivity index (χ3v) is 4.88. The van der Waals surface area contributed by atoms with E-state index in [-0.39, 0.29) is 0 Å². The highest BCUT2D eigenvalue weighted by atomic mass is 127. The zero-order valence-corrected chi connectivity index (χ0v) is 13.9. The second-order valence-corrected chi connectivity index (χ2v) is 5.99. The van der Waals surface area contributed by atoms with E-state index in [4.69, 9.17) is 27.9 Å². The topological polar surface area (TPSA) is 9.23 Å². The summed E-state index contributed by atoms with van der Waals surface area (Å²) in [5.74, 6) is 0.763. The Labute approximate surface area is 137 Å². The van der Waals surface area contributed by atoms with E-state index in [1.807, 2.05) is 0 Å². The van der Waals surface area contributed by atoms with E-state index in [9.17, 15) is 0 Å². The summed E-state index contributed by atoms with van der Waals surface area (Å²) in [5.41, 5.74) is 0. The van der Waals surface area contributed by atoms with Crippen molar-refractivity contribution >= 4 is 68.4 Å². The van der Waals surface area contributed by atoms with E-state index in [1.165, 1.54) is 0 Å². The van der Waals surface area contributed by atoms with Crippen molar-refractivity contribution in [1.29, 1.82) is 0 Å². The molecule has 0 saturated carbocycles. The van der Waals surface area contributed by atoms with Crippen LogP contribution < -0.4 is 4.74 Å². The van der Waals surface area contributed by atoms with E-state index >= 15 is 0 Å². The van der Waals surface area contributed by atoms with E-state index in [0.29, 0.717) is 21.5 Å². The summed E-state index contributed by atoms with van der Waals surface area (Å²) in [6, 6.07) is 14.7. The first-order valence-corrected chi connectivity index (χ1v) is 7.23. The summed E-state index contributed by atoms with van der Waals surface area (Å²) < 4.78 is 7.23. The van der Waals surface area contributed by atoms with Gasteiger partial charge in [0.05, 0.1) is 0 Å². The molecule has 0 spiro atoms. The fourth-order valence-electron chi connectivity index (χ4n) is 1.03. The third-order valence-electron chi connectivity index (χ3n) is 1.79. The van der Waals surface area contributed by atoms with Gasteiger partial charge in [0.1, 0.15) is 10.0 Å². The van der Waals surface area contributed by atoms with Gasteiger partial charge in [0.2, 0.25) is 0 Å². The molecule has 0 aliphatic heterocycles. The van der Waals surface area contributed by atoms with Gasteiger partial charge in [-0.05, 0) is 57.3 Å². The summed E-state index contributed by atoms with van der Waals surface area (Å²) >= 11 is 16.3. The number of hydrogen-bond donors (Lipinski definition) is 0. The lowest BCUT2D eigenvalue weighted by Gasteiger charge is -2.05. The quantitative estimate of drug-likeness (QED) is 0.531. The normalized spacial score (nSPS) is 9.41. The van der Waals surface area contributed by atoms with Crippen LogP contribution in [0.15, 0.2) is 12.1 Å². The average Bonchev–Trinajstić information content (AvgIpc) is 2.31. The molecule has 0 amide bonds. The highest BCUT2D eigenvalue weighted by Crippen LogP contribution is 2.34. The molecule has 0 fully saturated rings. The molecular formula is C12H2Cl2I2O. The number of halogens is 4. The molecule has 0 heterocycles. The minimum absolute atomic E-state index is 0.382. The fourth-order valence-corrected chi connectivity index (χ4v) is 2.11. The molecule has 0 saturated heterocycles. The predicted octanol–water partition coefficient (Wildman–Crippen LogP) is 5.20. The van der Waals surface area contributed by atoms with Crippen molar-refractivity contribution < 1.29 is 4.74 Å². The SMILES string of the molecule is Clc1c(Oc2c#ccc(I)c2Cl)c#ccc1I. The summed E-state index contributed by atoms with van der Waals surface area (Å²) in [4.78, 5) is 0. The van der Waals surface area contributed by atoms with Gasteiger partial charge in [0.15, 0.2) is 11.5 Å². The molecule has 0 aliphatic carbocycles. The predicted molar refractivity (Wildman–Crippen MR) is 83.8 cm³/mol. The Morgan fingerprint density at radius 3 is 1.71 bits per heavy atom. The smallest absolute Gasteiger partial charge is 0.198 e.